The predicted molar refractivity (Wildman–Crippen MR) is 161 cm³/mol. The Balaban J connectivity index is 1.24. The maximum Gasteiger partial charge on any atom is 0.208 e. The van der Waals surface area contributed by atoms with E-state index in [1.165, 1.54) is 5.56 Å². The van der Waals surface area contributed by atoms with Crippen molar-refractivity contribution >= 4 is 28.5 Å². The lowest BCUT2D eigenvalue weighted by Crippen LogP contribution is -2.47. The van der Waals surface area contributed by atoms with E-state index >= 15 is 0 Å². The van der Waals surface area contributed by atoms with Crippen molar-refractivity contribution in [2.45, 2.75) is 39.5 Å². The van der Waals surface area contributed by atoms with Crippen molar-refractivity contribution in [3.8, 4) is 11.5 Å². The van der Waals surface area contributed by atoms with Gasteiger partial charge in [0.2, 0.25) is 5.95 Å². The van der Waals surface area contributed by atoms with E-state index in [9.17, 15) is 4.79 Å². The summed E-state index contributed by atoms with van der Waals surface area (Å²) in [6.07, 6.45) is 2.00. The van der Waals surface area contributed by atoms with Crippen LogP contribution in [0.25, 0.3) is 11.0 Å². The zero-order valence-electron chi connectivity index (χ0n) is 24.3. The van der Waals surface area contributed by atoms with Gasteiger partial charge in [-0.3, -0.25) is 14.7 Å². The number of fused-ring (bicyclic) bond motifs is 1. The first kappa shape index (κ1) is 27.8. The van der Waals surface area contributed by atoms with Gasteiger partial charge in [-0.25, -0.2) is 4.98 Å². The van der Waals surface area contributed by atoms with Gasteiger partial charge in [-0.1, -0.05) is 39.8 Å². The van der Waals surface area contributed by atoms with E-state index < -0.39 is 0 Å². The number of imidazole rings is 1. The van der Waals surface area contributed by atoms with Crippen LogP contribution in [0.15, 0.2) is 60.8 Å². The van der Waals surface area contributed by atoms with Crippen LogP contribution >= 0.6 is 0 Å². The van der Waals surface area contributed by atoms with Gasteiger partial charge < -0.3 is 19.5 Å². The van der Waals surface area contributed by atoms with Crippen molar-refractivity contribution in [2.75, 3.05) is 44.6 Å². The molecule has 210 valence electrons. The molecule has 1 aliphatic rings. The van der Waals surface area contributed by atoms with Gasteiger partial charge in [0, 0.05) is 57.2 Å². The Kier molecular flexibility index (Phi) is 8.19. The van der Waals surface area contributed by atoms with Crippen molar-refractivity contribution in [1.29, 1.82) is 0 Å². The Morgan fingerprint density at radius 3 is 2.48 bits per heavy atom. The fourth-order valence-electron chi connectivity index (χ4n) is 5.07. The number of hydrogen-bond acceptors (Lipinski definition) is 7. The predicted octanol–water partition coefficient (Wildman–Crippen LogP) is 5.55. The van der Waals surface area contributed by atoms with Gasteiger partial charge >= 0.3 is 0 Å². The summed E-state index contributed by atoms with van der Waals surface area (Å²) in [5.74, 6) is 2.28. The highest BCUT2D eigenvalue weighted by molar-refractivity contribution is 5.83. The molecule has 0 radical (unpaired) electrons. The standard InChI is InChI=1S/C32H40N6O2/c1-6-37-14-16-38(17-15-37)22-26(39)19-25-20-28(12-13-33-25)40-27-10-11-30-29(21-27)35-31(36(30)5)34-24-9-7-8-23(18-24)32(2,3)4/h7-13,18,20-21H,6,14-17,19,22H2,1-5H3,(H,34,35). The second kappa shape index (κ2) is 11.8. The van der Waals surface area contributed by atoms with E-state index in [2.05, 4.69) is 72.1 Å². The summed E-state index contributed by atoms with van der Waals surface area (Å²) >= 11 is 0. The number of carbonyl (C=O) groups excluding carboxylic acids is 1. The minimum Gasteiger partial charge on any atom is -0.457 e. The van der Waals surface area contributed by atoms with Crippen molar-refractivity contribution in [3.63, 3.8) is 0 Å². The van der Waals surface area contributed by atoms with Crippen LogP contribution in [0.2, 0.25) is 0 Å². The summed E-state index contributed by atoms with van der Waals surface area (Å²) in [5, 5.41) is 3.47. The maximum absolute atomic E-state index is 12.7. The Morgan fingerprint density at radius 2 is 1.73 bits per heavy atom. The molecule has 1 saturated heterocycles. The van der Waals surface area contributed by atoms with Gasteiger partial charge in [0.15, 0.2) is 5.78 Å². The molecule has 0 amide bonds. The molecule has 1 aliphatic heterocycles. The van der Waals surface area contributed by atoms with Gasteiger partial charge in [-0.2, -0.15) is 0 Å². The molecule has 0 spiro atoms. The molecule has 3 heterocycles. The third kappa shape index (κ3) is 6.69. The largest absolute Gasteiger partial charge is 0.457 e. The molecule has 1 N–H and O–H groups in total. The molecule has 4 aromatic rings. The summed E-state index contributed by atoms with van der Waals surface area (Å²) in [6.45, 7) is 14.3. The third-order valence-corrected chi connectivity index (χ3v) is 7.55. The van der Waals surface area contributed by atoms with Crippen molar-refractivity contribution in [1.82, 2.24) is 24.3 Å². The van der Waals surface area contributed by atoms with Crippen LogP contribution in [0.5, 0.6) is 11.5 Å². The lowest BCUT2D eigenvalue weighted by Gasteiger charge is -2.33. The number of rotatable bonds is 9. The second-order valence-electron chi connectivity index (χ2n) is 11.6. The van der Waals surface area contributed by atoms with Crippen LogP contribution in [-0.2, 0) is 23.7 Å². The fourth-order valence-corrected chi connectivity index (χ4v) is 5.07. The lowest BCUT2D eigenvalue weighted by molar-refractivity contribution is -0.120. The molecule has 8 nitrogen and oxygen atoms in total. The minimum atomic E-state index is 0.0701. The highest BCUT2D eigenvalue weighted by Crippen LogP contribution is 2.30. The summed E-state index contributed by atoms with van der Waals surface area (Å²) < 4.78 is 8.21. The molecule has 1 fully saturated rings. The number of hydrogen-bond donors (Lipinski definition) is 1. The topological polar surface area (TPSA) is 75.5 Å². The van der Waals surface area contributed by atoms with Gasteiger partial charge in [0.1, 0.15) is 11.5 Å². The Hall–Kier alpha value is -3.75. The maximum atomic E-state index is 12.7. The smallest absolute Gasteiger partial charge is 0.208 e. The van der Waals surface area contributed by atoms with E-state index in [-0.39, 0.29) is 11.2 Å². The van der Waals surface area contributed by atoms with E-state index in [0.29, 0.717) is 24.5 Å². The van der Waals surface area contributed by atoms with E-state index in [4.69, 9.17) is 9.72 Å². The van der Waals surface area contributed by atoms with Crippen molar-refractivity contribution in [2.24, 2.45) is 7.05 Å². The molecule has 0 aliphatic carbocycles. The number of Topliss-reactive ketones (excluding diaryl/α,β-unsaturated/α-hetero) is 1. The molecule has 0 unspecified atom stereocenters. The number of aryl methyl sites for hydroxylation is 1. The number of likely N-dealkylation sites (N-methyl/N-ethyl adjacent to an activating group) is 1. The Labute approximate surface area is 237 Å². The SMILES string of the molecule is CCN1CCN(CC(=O)Cc2cc(Oc3ccc4c(c3)nc(Nc3cccc(C(C)(C)C)c3)n4C)ccn2)CC1. The normalized spacial score (nSPS) is 14.9. The van der Waals surface area contributed by atoms with Crippen LogP contribution < -0.4 is 10.1 Å². The third-order valence-electron chi connectivity index (χ3n) is 7.55. The molecule has 8 heteroatoms. The van der Waals surface area contributed by atoms with E-state index in [0.717, 1.165) is 61.1 Å². The van der Waals surface area contributed by atoms with Crippen molar-refractivity contribution in [3.05, 3.63) is 72.1 Å². The number of nitrogens with one attached hydrogen (secondary N) is 1. The molecule has 0 atom stereocenters. The summed E-state index contributed by atoms with van der Waals surface area (Å²) in [7, 11) is 2.00. The summed E-state index contributed by atoms with van der Waals surface area (Å²) in [4.78, 5) is 26.6. The number of ether oxygens (including phenoxy) is 1. The van der Waals surface area contributed by atoms with Gasteiger partial charge in [0.25, 0.3) is 0 Å². The van der Waals surface area contributed by atoms with Gasteiger partial charge in [-0.15, -0.1) is 0 Å². The van der Waals surface area contributed by atoms with Gasteiger partial charge in [0.05, 0.1) is 29.7 Å². The Bertz CT molecular complexity index is 1480. The molecular weight excluding hydrogens is 500 g/mol. The summed E-state index contributed by atoms with van der Waals surface area (Å²) in [5.41, 5.74) is 4.90. The number of pyridine rings is 1. The number of benzene rings is 2. The molecular formula is C32H40N6O2. The number of aromatic nitrogens is 3. The molecule has 2 aromatic heterocycles. The summed E-state index contributed by atoms with van der Waals surface area (Å²) in [6, 6.07) is 18.0. The van der Waals surface area contributed by atoms with Crippen molar-refractivity contribution < 1.29 is 9.53 Å². The molecule has 40 heavy (non-hydrogen) atoms. The van der Waals surface area contributed by atoms with E-state index in [1.807, 2.05) is 41.9 Å². The zero-order valence-corrected chi connectivity index (χ0v) is 24.3. The molecule has 5 rings (SSSR count). The zero-order chi connectivity index (χ0) is 28.3. The van der Waals surface area contributed by atoms with E-state index in [1.54, 1.807) is 6.20 Å². The molecule has 0 bridgehead atoms. The Morgan fingerprint density at radius 1 is 0.975 bits per heavy atom. The second-order valence-corrected chi connectivity index (χ2v) is 11.6. The average molecular weight is 541 g/mol. The quantitative estimate of drug-likeness (QED) is 0.298. The van der Waals surface area contributed by atoms with Crippen LogP contribution in [0.3, 0.4) is 0 Å². The molecule has 2 aromatic carbocycles. The van der Waals surface area contributed by atoms with Crippen LogP contribution in [0.1, 0.15) is 39.0 Å². The lowest BCUT2D eigenvalue weighted by atomic mass is 9.87. The first-order valence-corrected chi connectivity index (χ1v) is 14.1. The van der Waals surface area contributed by atoms with Gasteiger partial charge in [-0.05, 0) is 47.9 Å². The number of nitrogens with zero attached hydrogens (tertiary/aromatic N) is 5. The van der Waals surface area contributed by atoms with Crippen LogP contribution in [0.4, 0.5) is 11.6 Å². The fraction of sp³-hybridized carbons (Fsp3) is 0.406. The number of carbonyl (C=O) groups is 1. The number of piperazine rings is 1. The first-order valence-electron chi connectivity index (χ1n) is 14.1. The van der Waals surface area contributed by atoms with Crippen LogP contribution in [0, 0.1) is 0 Å². The number of ketones is 1. The average Bonchev–Trinajstić information content (AvgIpc) is 3.23. The minimum absolute atomic E-state index is 0.0701. The first-order chi connectivity index (χ1) is 19.2. The van der Waals surface area contributed by atoms with Crippen LogP contribution in [-0.4, -0.2) is 69.4 Å². The highest BCUT2D eigenvalue weighted by Gasteiger charge is 2.19. The number of anilines is 2. The molecule has 0 saturated carbocycles. The monoisotopic (exact) mass is 540 g/mol. The highest BCUT2D eigenvalue weighted by atomic mass is 16.5.